The maximum atomic E-state index is 11.7. The second kappa shape index (κ2) is 9.49. The summed E-state index contributed by atoms with van der Waals surface area (Å²) in [7, 11) is 0. The summed E-state index contributed by atoms with van der Waals surface area (Å²) in [5.74, 6) is 0.0485. The largest absolute Gasteiger partial charge is 0.370 e. The van der Waals surface area contributed by atoms with Gasteiger partial charge in [0.2, 0.25) is 11.8 Å². The highest BCUT2D eigenvalue weighted by atomic mass is 127. The first kappa shape index (κ1) is 19.4. The normalized spacial score (nSPS) is 15.3. The summed E-state index contributed by atoms with van der Waals surface area (Å²) < 4.78 is 0. The zero-order valence-corrected chi connectivity index (χ0v) is 15.6. The van der Waals surface area contributed by atoms with Crippen LogP contribution in [0.1, 0.15) is 31.7 Å². The number of carbonyl (C=O) groups is 2. The molecule has 0 saturated carbocycles. The van der Waals surface area contributed by atoms with E-state index in [0.717, 1.165) is 12.1 Å². The first-order valence-electron chi connectivity index (χ1n) is 7.59. The molecule has 1 saturated heterocycles. The number of piperidine rings is 1. The molecular weight excluding hydrogens is 407 g/mol. The number of aliphatic imine (C=N–C) groups is 1. The smallest absolute Gasteiger partial charge is 0.229 e. The van der Waals surface area contributed by atoms with Gasteiger partial charge in [-0.05, 0) is 30.5 Å². The third-order valence-electron chi connectivity index (χ3n) is 3.60. The minimum absolute atomic E-state index is 0. The van der Waals surface area contributed by atoms with Crippen molar-refractivity contribution in [3.05, 3.63) is 29.8 Å². The van der Waals surface area contributed by atoms with Crippen LogP contribution in [0.15, 0.2) is 29.3 Å². The fourth-order valence-electron chi connectivity index (χ4n) is 2.38. The quantitative estimate of drug-likeness (QED) is 0.324. The summed E-state index contributed by atoms with van der Waals surface area (Å²) in [6, 6.07) is 7.94. The van der Waals surface area contributed by atoms with Gasteiger partial charge in [-0.25, -0.2) is 0 Å². The Morgan fingerprint density at radius 1 is 1.30 bits per heavy atom. The number of nitrogens with one attached hydrogen (secondary N) is 1. The van der Waals surface area contributed by atoms with E-state index in [0.29, 0.717) is 25.8 Å². The van der Waals surface area contributed by atoms with Crippen LogP contribution in [-0.4, -0.2) is 35.8 Å². The van der Waals surface area contributed by atoms with Crippen LogP contribution in [0.2, 0.25) is 0 Å². The molecule has 0 atom stereocenters. The van der Waals surface area contributed by atoms with Crippen molar-refractivity contribution in [3.8, 4) is 0 Å². The number of rotatable bonds is 5. The molecule has 1 heterocycles. The Hall–Kier alpha value is -1.64. The molecule has 1 aliphatic rings. The van der Waals surface area contributed by atoms with E-state index in [9.17, 15) is 9.59 Å². The number of anilines is 1. The number of hydrogen-bond acceptors (Lipinski definition) is 3. The lowest BCUT2D eigenvalue weighted by Gasteiger charge is -2.24. The highest BCUT2D eigenvalue weighted by Crippen LogP contribution is 2.12. The highest BCUT2D eigenvalue weighted by Gasteiger charge is 2.24. The van der Waals surface area contributed by atoms with Crippen molar-refractivity contribution < 1.29 is 9.59 Å². The van der Waals surface area contributed by atoms with E-state index < -0.39 is 0 Å². The second-order valence-electron chi connectivity index (χ2n) is 5.24. The lowest BCUT2D eigenvalue weighted by Crippen LogP contribution is -2.41. The number of hydrogen-bond donors (Lipinski definition) is 2. The van der Waals surface area contributed by atoms with E-state index in [4.69, 9.17) is 5.73 Å². The number of amides is 2. The predicted octanol–water partition coefficient (Wildman–Crippen LogP) is 2.13. The number of carbonyl (C=O) groups excluding carboxylic acids is 2. The molecule has 126 valence electrons. The van der Waals surface area contributed by atoms with Crippen LogP contribution < -0.4 is 11.1 Å². The van der Waals surface area contributed by atoms with Crippen molar-refractivity contribution in [1.82, 2.24) is 4.90 Å². The molecule has 1 aromatic carbocycles. The molecule has 0 aliphatic carbocycles. The number of nitrogens with two attached hydrogens (primary N) is 1. The maximum Gasteiger partial charge on any atom is 0.229 e. The van der Waals surface area contributed by atoms with Crippen molar-refractivity contribution in [3.63, 3.8) is 0 Å². The van der Waals surface area contributed by atoms with Gasteiger partial charge in [-0.3, -0.25) is 19.5 Å². The number of imide groups is 1. The molecule has 7 heteroatoms. The van der Waals surface area contributed by atoms with Crippen molar-refractivity contribution in [1.29, 1.82) is 0 Å². The van der Waals surface area contributed by atoms with Gasteiger partial charge in [-0.1, -0.05) is 19.1 Å². The van der Waals surface area contributed by atoms with Crippen LogP contribution in [0.3, 0.4) is 0 Å². The minimum Gasteiger partial charge on any atom is -0.370 e. The van der Waals surface area contributed by atoms with Gasteiger partial charge in [0.1, 0.15) is 0 Å². The van der Waals surface area contributed by atoms with Gasteiger partial charge in [0, 0.05) is 25.1 Å². The van der Waals surface area contributed by atoms with Crippen LogP contribution in [0.25, 0.3) is 0 Å². The van der Waals surface area contributed by atoms with E-state index in [1.54, 1.807) is 0 Å². The van der Waals surface area contributed by atoms with Crippen molar-refractivity contribution in [2.24, 2.45) is 10.7 Å². The van der Waals surface area contributed by atoms with E-state index in [2.05, 4.69) is 17.2 Å². The molecule has 2 amide bonds. The summed E-state index contributed by atoms with van der Waals surface area (Å²) in [6.07, 6.45) is 2.47. The predicted molar refractivity (Wildman–Crippen MR) is 102 cm³/mol. The summed E-state index contributed by atoms with van der Waals surface area (Å²) in [4.78, 5) is 28.8. The molecule has 0 unspecified atom stereocenters. The van der Waals surface area contributed by atoms with Gasteiger partial charge in [-0.15, -0.1) is 24.0 Å². The number of guanidine groups is 1. The van der Waals surface area contributed by atoms with Gasteiger partial charge in [0.05, 0.1) is 6.54 Å². The van der Waals surface area contributed by atoms with Crippen LogP contribution in [0.5, 0.6) is 0 Å². The van der Waals surface area contributed by atoms with Crippen molar-refractivity contribution in [2.75, 3.05) is 18.4 Å². The zero-order chi connectivity index (χ0) is 15.9. The Morgan fingerprint density at radius 3 is 2.65 bits per heavy atom. The van der Waals surface area contributed by atoms with Gasteiger partial charge in [-0.2, -0.15) is 0 Å². The minimum atomic E-state index is -0.117. The van der Waals surface area contributed by atoms with Gasteiger partial charge >= 0.3 is 0 Å². The fourth-order valence-corrected chi connectivity index (χ4v) is 2.38. The molecule has 23 heavy (non-hydrogen) atoms. The number of nitrogens with zero attached hydrogens (tertiary/aromatic N) is 2. The van der Waals surface area contributed by atoms with Gasteiger partial charge < -0.3 is 11.1 Å². The standard InChI is InChI=1S/C16H22N4O2.HI/c1-2-12-5-3-6-13(11-12)19-16(17)18-9-10-20-14(21)7-4-8-15(20)22;/h3,5-6,11H,2,4,7-10H2,1H3,(H3,17,18,19);1H. The number of likely N-dealkylation sites (tertiary alicyclic amines) is 1. The number of benzene rings is 1. The molecular formula is C16H23IN4O2. The second-order valence-corrected chi connectivity index (χ2v) is 5.24. The molecule has 3 N–H and O–H groups in total. The molecule has 1 fully saturated rings. The number of halogens is 1. The van der Waals surface area contributed by atoms with E-state index in [1.165, 1.54) is 10.5 Å². The molecule has 6 nitrogen and oxygen atoms in total. The molecule has 0 bridgehead atoms. The zero-order valence-electron chi connectivity index (χ0n) is 13.2. The van der Waals surface area contributed by atoms with Crippen LogP contribution in [-0.2, 0) is 16.0 Å². The Bertz CT molecular complexity index is 573. The first-order chi connectivity index (χ1) is 10.6. The topological polar surface area (TPSA) is 87.8 Å². The lowest BCUT2D eigenvalue weighted by atomic mass is 10.1. The van der Waals surface area contributed by atoms with Crippen LogP contribution in [0, 0.1) is 0 Å². The Morgan fingerprint density at radius 2 is 2.00 bits per heavy atom. The van der Waals surface area contributed by atoms with Gasteiger partial charge in [0.15, 0.2) is 5.96 Å². The molecule has 2 rings (SSSR count). The third kappa shape index (κ3) is 5.81. The first-order valence-corrected chi connectivity index (χ1v) is 7.59. The fraction of sp³-hybridized carbons (Fsp3) is 0.438. The van der Waals surface area contributed by atoms with Crippen LogP contribution in [0.4, 0.5) is 5.69 Å². The summed E-state index contributed by atoms with van der Waals surface area (Å²) in [5, 5.41) is 3.02. The SMILES string of the molecule is CCc1cccc(NC(N)=NCCN2C(=O)CCCC2=O)c1.I. The summed E-state index contributed by atoms with van der Waals surface area (Å²) >= 11 is 0. The van der Waals surface area contributed by atoms with Gasteiger partial charge in [0.25, 0.3) is 0 Å². The summed E-state index contributed by atoms with van der Waals surface area (Å²) in [6.45, 7) is 2.68. The molecule has 1 aliphatic heterocycles. The molecule has 0 aromatic heterocycles. The average molecular weight is 430 g/mol. The van der Waals surface area contributed by atoms with Crippen LogP contribution >= 0.6 is 24.0 Å². The lowest BCUT2D eigenvalue weighted by molar-refractivity contribution is -0.147. The average Bonchev–Trinajstić information content (AvgIpc) is 2.50. The Kier molecular flexibility index (Phi) is 8.01. The Balaban J connectivity index is 0.00000264. The molecule has 0 radical (unpaired) electrons. The number of aryl methyl sites for hydroxylation is 1. The van der Waals surface area contributed by atoms with Crippen molar-refractivity contribution >= 4 is 47.4 Å². The van der Waals surface area contributed by atoms with E-state index >= 15 is 0 Å². The summed E-state index contributed by atoms with van der Waals surface area (Å²) in [5.41, 5.74) is 7.92. The highest BCUT2D eigenvalue weighted by molar-refractivity contribution is 14.0. The molecule has 0 spiro atoms. The van der Waals surface area contributed by atoms with Crippen molar-refractivity contribution in [2.45, 2.75) is 32.6 Å². The maximum absolute atomic E-state index is 11.7. The van der Waals surface area contributed by atoms with E-state index in [1.807, 2.05) is 24.3 Å². The van der Waals surface area contributed by atoms with E-state index in [-0.39, 0.29) is 48.3 Å². The Labute approximate surface area is 153 Å². The monoisotopic (exact) mass is 430 g/mol. The third-order valence-corrected chi connectivity index (χ3v) is 3.60. The molecule has 1 aromatic rings.